The van der Waals surface area contributed by atoms with Gasteiger partial charge >= 0.3 is 0 Å². The Hall–Kier alpha value is -7.57. The van der Waals surface area contributed by atoms with Gasteiger partial charge in [0.1, 0.15) is 29.0 Å². The molecule has 1 aliphatic carbocycles. The zero-order valence-corrected chi connectivity index (χ0v) is 32.5. The van der Waals surface area contributed by atoms with E-state index in [1.807, 2.05) is 6.07 Å². The molecule has 2 aliphatic heterocycles. The summed E-state index contributed by atoms with van der Waals surface area (Å²) in [5, 5.41) is 37.0. The van der Waals surface area contributed by atoms with Crippen molar-refractivity contribution < 1.29 is 58.0 Å². The normalized spacial score (nSPS) is 17.0. The van der Waals surface area contributed by atoms with Gasteiger partial charge in [-0.3, -0.25) is 54.0 Å². The number of imide groups is 2. The van der Waals surface area contributed by atoms with Crippen LogP contribution in [0, 0.1) is 5.41 Å². The van der Waals surface area contributed by atoms with Crippen molar-refractivity contribution in [1.29, 1.82) is 5.41 Å². The molecule has 0 radical (unpaired) electrons. The molecule has 0 spiro atoms. The molecule has 0 aromatic heterocycles. The van der Waals surface area contributed by atoms with Gasteiger partial charge in [0, 0.05) is 33.6 Å². The number of carbonyl (C=O) groups excluding carboxylic acids is 8. The van der Waals surface area contributed by atoms with Crippen LogP contribution in [0.2, 0.25) is 0 Å². The van der Waals surface area contributed by atoms with Gasteiger partial charge in [0.25, 0.3) is 41.2 Å². The van der Waals surface area contributed by atoms with Gasteiger partial charge in [0.2, 0.25) is 11.8 Å². The van der Waals surface area contributed by atoms with Crippen LogP contribution < -0.4 is 30.7 Å². The van der Waals surface area contributed by atoms with Gasteiger partial charge in [0.15, 0.2) is 13.2 Å². The predicted molar refractivity (Wildman–Crippen MR) is 211 cm³/mol. The van der Waals surface area contributed by atoms with Crippen LogP contribution in [-0.2, 0) is 30.4 Å². The molecule has 2 heterocycles. The third-order valence-corrected chi connectivity index (χ3v) is 9.91. The van der Waals surface area contributed by atoms with Crippen molar-refractivity contribution in [2.24, 2.45) is 0 Å². The first kappa shape index (κ1) is 42.0. The summed E-state index contributed by atoms with van der Waals surface area (Å²) >= 11 is 0. The number of phenolic OH excluding ortho intramolecular Hbond substituents is 1. The number of hydrogen-bond donors (Lipinski definition) is 6. The molecule has 8 amide bonds. The molecule has 2 atom stereocenters. The molecular formula is C41H42N7O12+. The highest BCUT2D eigenvalue weighted by molar-refractivity contribution is 6.43. The van der Waals surface area contributed by atoms with Gasteiger partial charge in [-0.1, -0.05) is 12.1 Å². The molecule has 0 bridgehead atoms. The lowest BCUT2D eigenvalue weighted by atomic mass is 10.0. The van der Waals surface area contributed by atoms with Gasteiger partial charge in [-0.2, -0.15) is 0 Å². The van der Waals surface area contributed by atoms with Crippen LogP contribution in [0.3, 0.4) is 0 Å². The Balaban J connectivity index is 0.927. The molecule has 1 saturated heterocycles. The third kappa shape index (κ3) is 9.25. The number of aryl methyl sites for hydroxylation is 1. The number of ether oxygens (including phenoxy) is 2. The van der Waals surface area contributed by atoms with Crippen LogP contribution in [0.1, 0.15) is 73.1 Å². The van der Waals surface area contributed by atoms with Crippen molar-refractivity contribution in [3.8, 4) is 17.2 Å². The molecule has 19 heteroatoms. The molecule has 0 saturated carbocycles. The fourth-order valence-electron chi connectivity index (χ4n) is 6.87. The summed E-state index contributed by atoms with van der Waals surface area (Å²) < 4.78 is 11.2. The number of nitrogens with zero attached hydrogens (tertiary/aromatic N) is 2. The summed E-state index contributed by atoms with van der Waals surface area (Å²) in [6, 6.07) is 11.9. The first-order chi connectivity index (χ1) is 28.6. The highest BCUT2D eigenvalue weighted by Crippen LogP contribution is 2.35. The number of amides is 8. The van der Waals surface area contributed by atoms with Crippen LogP contribution in [-0.4, -0.2) is 119 Å². The second-order valence-electron chi connectivity index (χ2n) is 14.2. The summed E-state index contributed by atoms with van der Waals surface area (Å²) in [4.78, 5) is 102. The fraction of sp³-hybridized carbons (Fsp3) is 0.293. The first-order valence-corrected chi connectivity index (χ1v) is 18.8. The van der Waals surface area contributed by atoms with Crippen LogP contribution >= 0.6 is 0 Å². The van der Waals surface area contributed by atoms with Crippen molar-refractivity contribution in [2.45, 2.75) is 37.8 Å². The van der Waals surface area contributed by atoms with E-state index in [4.69, 9.17) is 20.0 Å². The minimum absolute atomic E-state index is 0.00711. The van der Waals surface area contributed by atoms with Gasteiger partial charge in [-0.05, 0) is 72.9 Å². The first-order valence-electron chi connectivity index (χ1n) is 18.8. The lowest BCUT2D eigenvalue weighted by Gasteiger charge is -2.27. The van der Waals surface area contributed by atoms with Crippen LogP contribution in [0.4, 0.5) is 0 Å². The Labute approximate surface area is 342 Å². The number of phenols is 1. The summed E-state index contributed by atoms with van der Waals surface area (Å²) in [6.45, 7) is -0.794. The fourth-order valence-corrected chi connectivity index (χ4v) is 6.87. The largest absolute Gasteiger partial charge is 0.593 e. The van der Waals surface area contributed by atoms with E-state index < -0.39 is 71.7 Å². The van der Waals surface area contributed by atoms with Crippen LogP contribution in [0.5, 0.6) is 17.2 Å². The Morgan fingerprint density at radius 3 is 2.33 bits per heavy atom. The maximum atomic E-state index is 13.2. The molecule has 19 nitrogen and oxygen atoms in total. The number of piperidine rings is 1. The van der Waals surface area contributed by atoms with E-state index in [0.717, 1.165) is 22.1 Å². The molecule has 3 aliphatic rings. The van der Waals surface area contributed by atoms with Crippen molar-refractivity contribution in [1.82, 2.24) is 31.1 Å². The maximum Gasteiger partial charge on any atom is 0.269 e. The second kappa shape index (κ2) is 17.9. The number of fused-ring (bicyclic) bond motifs is 2. The molecule has 3 aromatic rings. The summed E-state index contributed by atoms with van der Waals surface area (Å²) in [5.74, 6) is -5.13. The number of carbonyl (C=O) groups is 8. The number of rotatable bonds is 15. The molecule has 60 heavy (non-hydrogen) atoms. The van der Waals surface area contributed by atoms with Crippen LogP contribution in [0.15, 0.2) is 60.7 Å². The van der Waals surface area contributed by atoms with E-state index in [9.17, 15) is 43.5 Å². The van der Waals surface area contributed by atoms with E-state index >= 15 is 0 Å². The molecule has 6 rings (SSSR count). The van der Waals surface area contributed by atoms with E-state index in [1.165, 1.54) is 55.4 Å². The van der Waals surface area contributed by atoms with E-state index in [2.05, 4.69) is 21.3 Å². The van der Waals surface area contributed by atoms with Crippen molar-refractivity contribution in [3.63, 3.8) is 0 Å². The number of benzene rings is 3. The van der Waals surface area contributed by atoms with Gasteiger partial charge in [-0.25, -0.2) is 0 Å². The average Bonchev–Trinajstić information content (AvgIpc) is 3.73. The third-order valence-electron chi connectivity index (χ3n) is 9.91. The van der Waals surface area contributed by atoms with E-state index in [-0.39, 0.29) is 72.1 Å². The molecule has 1 fully saturated rings. The van der Waals surface area contributed by atoms with Gasteiger partial charge in [0.05, 0.1) is 34.4 Å². The zero-order chi connectivity index (χ0) is 43.2. The highest BCUT2D eigenvalue weighted by atomic mass is 16.5. The smallest absolute Gasteiger partial charge is 0.269 e. The van der Waals surface area contributed by atoms with Gasteiger partial charge < -0.3 is 40.5 Å². The monoisotopic (exact) mass is 824 g/mol. The zero-order valence-electron chi connectivity index (χ0n) is 32.5. The number of aromatic hydroxyl groups is 1. The topological polar surface area (TPSA) is 277 Å². The number of hydrogen-bond acceptors (Lipinski definition) is 12. The molecule has 3 aromatic carbocycles. The molecule has 8 N–H and O–H groups in total. The molecular weight excluding hydrogens is 782 g/mol. The van der Waals surface area contributed by atoms with Crippen molar-refractivity contribution in [2.75, 3.05) is 40.4 Å². The average molecular weight is 825 g/mol. The number of nitrogens with one attached hydrogen (secondary N) is 5. The Bertz CT molecular complexity index is 2360. The lowest BCUT2D eigenvalue weighted by Crippen LogP contribution is -2.54. The minimum Gasteiger partial charge on any atom is -0.593 e. The minimum atomic E-state index is -1.15. The summed E-state index contributed by atoms with van der Waals surface area (Å²) in [5.41, 5.74) is 1.40. The lowest BCUT2D eigenvalue weighted by molar-refractivity contribution is -0.136. The standard InChI is InChI=1S/C41H41N7O12/c1-47(2)39(56)24-10-7-22(16-31(24)50)30(49)18-27(42)37(54)45-28-11-8-21-6-9-23(17-26(21)28)59-19-34(52)43-14-15-44-35(53)20-60-32-5-3-4-25-36(32)41(58)48(40(25)57)29-12-13-33(51)46-38(29)55/h3-7,9-10,16-18,28-29,42,49-50H,8,11-15,19-20H2,1-2H3,(H,43,52)(H,44,53)(H,45,54)(H,46,51,55)/p+1/b30-18-,42-27?/t28-,29?/m1/s1. The van der Waals surface area contributed by atoms with Crippen molar-refractivity contribution >= 4 is 58.7 Å². The SMILES string of the molecule is CN(C)C(=O)c1ccc(/C([OH2+])=C/C(=N)C(=O)N[C@@H]2CCc3ccc(OCC(=O)NCCNC(=O)COc4cccc5c4C(=O)N(C4CCC(=O)NC4=O)C5=O)cc32)cc1O. The Morgan fingerprint density at radius 1 is 0.933 bits per heavy atom. The summed E-state index contributed by atoms with van der Waals surface area (Å²) in [7, 11) is 3.08. The maximum absolute atomic E-state index is 13.2. The quantitative estimate of drug-likeness (QED) is 0.0392. The molecule has 312 valence electrons. The molecule has 1 unspecified atom stereocenters. The summed E-state index contributed by atoms with van der Waals surface area (Å²) in [6.07, 6.45) is 2.22. The van der Waals surface area contributed by atoms with Crippen LogP contribution in [0.25, 0.3) is 5.76 Å². The Morgan fingerprint density at radius 2 is 1.65 bits per heavy atom. The second-order valence-corrected chi connectivity index (χ2v) is 14.2. The van der Waals surface area contributed by atoms with Crippen molar-refractivity contribution in [3.05, 3.63) is 94.1 Å². The van der Waals surface area contributed by atoms with E-state index in [0.29, 0.717) is 18.6 Å². The highest BCUT2D eigenvalue weighted by Gasteiger charge is 2.46. The predicted octanol–water partition coefficient (Wildman–Crippen LogP) is 0.0744. The van der Waals surface area contributed by atoms with E-state index in [1.54, 1.807) is 12.1 Å². The Kier molecular flexibility index (Phi) is 12.6. The van der Waals surface area contributed by atoms with Gasteiger partial charge in [-0.15, -0.1) is 0 Å².